The number of rotatable bonds is 4. The van der Waals surface area contributed by atoms with Gasteiger partial charge in [-0.3, -0.25) is 0 Å². The first kappa shape index (κ1) is 14.8. The number of aromatic nitrogens is 1. The van der Waals surface area contributed by atoms with Crippen molar-refractivity contribution in [1.29, 1.82) is 0 Å². The minimum atomic E-state index is -3.38. The lowest BCUT2D eigenvalue weighted by Gasteiger charge is -2.09. The third kappa shape index (κ3) is 3.29. The van der Waals surface area contributed by atoms with E-state index in [9.17, 15) is 13.2 Å². The van der Waals surface area contributed by atoms with E-state index in [-0.39, 0.29) is 27.8 Å². The molecule has 2 aromatic rings. The molecule has 0 aliphatic rings. The van der Waals surface area contributed by atoms with Crippen LogP contribution in [0.2, 0.25) is 0 Å². The molecule has 0 spiro atoms. The highest BCUT2D eigenvalue weighted by Gasteiger charge is 2.15. The van der Waals surface area contributed by atoms with Crippen LogP contribution < -0.4 is 10.5 Å². The van der Waals surface area contributed by atoms with Gasteiger partial charge >= 0.3 is 5.97 Å². The van der Waals surface area contributed by atoms with E-state index in [1.54, 1.807) is 0 Å². The monoisotopic (exact) mass is 308 g/mol. The molecule has 0 unspecified atom stereocenters. The predicted octanol–water partition coefficient (Wildman–Crippen LogP) is 1.56. The number of nitrogens with zero attached hydrogens (tertiary/aromatic N) is 1. The van der Waals surface area contributed by atoms with Crippen molar-refractivity contribution in [2.45, 2.75) is 4.90 Å². The summed E-state index contributed by atoms with van der Waals surface area (Å²) in [7, 11) is -3.38. The first-order chi connectivity index (χ1) is 9.79. The summed E-state index contributed by atoms with van der Waals surface area (Å²) < 4.78 is 28.3. The van der Waals surface area contributed by atoms with E-state index >= 15 is 0 Å². The van der Waals surface area contributed by atoms with E-state index in [0.717, 1.165) is 6.26 Å². The smallest absolute Gasteiger partial charge is 0.338 e. The van der Waals surface area contributed by atoms with Gasteiger partial charge in [0.2, 0.25) is 5.88 Å². The third-order valence-electron chi connectivity index (χ3n) is 2.63. The van der Waals surface area contributed by atoms with Crippen molar-refractivity contribution in [3.8, 4) is 11.6 Å². The van der Waals surface area contributed by atoms with E-state index in [4.69, 9.17) is 15.6 Å². The van der Waals surface area contributed by atoms with E-state index in [0.29, 0.717) is 0 Å². The normalized spacial score (nSPS) is 11.1. The third-order valence-corrected chi connectivity index (χ3v) is 3.74. The van der Waals surface area contributed by atoms with Crippen LogP contribution in [0.5, 0.6) is 11.6 Å². The SMILES string of the molecule is CS(=O)(=O)c1cccc(Oc2nccc(C(=O)O)c2N)c1. The zero-order valence-corrected chi connectivity index (χ0v) is 11.8. The summed E-state index contributed by atoms with van der Waals surface area (Å²) in [6.45, 7) is 0. The Hall–Kier alpha value is -2.61. The minimum Gasteiger partial charge on any atom is -0.478 e. The summed E-state index contributed by atoms with van der Waals surface area (Å²) in [5.41, 5.74) is 5.40. The summed E-state index contributed by atoms with van der Waals surface area (Å²) >= 11 is 0. The fourth-order valence-electron chi connectivity index (χ4n) is 1.60. The Morgan fingerprint density at radius 2 is 2.05 bits per heavy atom. The molecular weight excluding hydrogens is 296 g/mol. The Labute approximate surface area is 120 Å². The summed E-state index contributed by atoms with van der Waals surface area (Å²) in [5, 5.41) is 8.96. The van der Waals surface area contributed by atoms with Crippen LogP contribution in [-0.2, 0) is 9.84 Å². The number of pyridine rings is 1. The van der Waals surface area contributed by atoms with E-state index < -0.39 is 15.8 Å². The Balaban J connectivity index is 2.40. The molecule has 21 heavy (non-hydrogen) atoms. The Bertz CT molecular complexity index is 802. The van der Waals surface area contributed by atoms with Gasteiger partial charge in [-0.1, -0.05) is 6.07 Å². The lowest BCUT2D eigenvalue weighted by molar-refractivity contribution is 0.0697. The molecule has 0 saturated carbocycles. The molecule has 0 radical (unpaired) electrons. The number of carbonyl (C=O) groups is 1. The number of hydrogen-bond donors (Lipinski definition) is 2. The molecule has 0 aliphatic heterocycles. The van der Waals surface area contributed by atoms with Gasteiger partial charge in [-0.05, 0) is 24.3 Å². The Morgan fingerprint density at radius 1 is 1.33 bits per heavy atom. The highest BCUT2D eigenvalue weighted by molar-refractivity contribution is 7.90. The van der Waals surface area contributed by atoms with Crippen LogP contribution in [0.4, 0.5) is 5.69 Å². The topological polar surface area (TPSA) is 120 Å². The fourth-order valence-corrected chi connectivity index (χ4v) is 2.26. The fraction of sp³-hybridized carbons (Fsp3) is 0.0769. The summed E-state index contributed by atoms with van der Waals surface area (Å²) in [6, 6.07) is 7.00. The molecule has 0 aliphatic carbocycles. The summed E-state index contributed by atoms with van der Waals surface area (Å²) in [5.74, 6) is -1.11. The molecule has 110 valence electrons. The molecule has 0 atom stereocenters. The molecule has 1 aromatic heterocycles. The van der Waals surface area contributed by atoms with Crippen molar-refractivity contribution in [1.82, 2.24) is 4.98 Å². The molecule has 2 rings (SSSR count). The number of aromatic carboxylic acids is 1. The van der Waals surface area contributed by atoms with E-state index in [1.165, 1.54) is 36.5 Å². The number of nitrogen functional groups attached to an aromatic ring is 1. The number of carboxylic acids is 1. The number of sulfone groups is 1. The molecule has 0 amide bonds. The quantitative estimate of drug-likeness (QED) is 0.879. The van der Waals surface area contributed by atoms with Gasteiger partial charge < -0.3 is 15.6 Å². The van der Waals surface area contributed by atoms with Crippen molar-refractivity contribution in [3.63, 3.8) is 0 Å². The molecular formula is C13H12N2O5S. The second kappa shape index (κ2) is 5.41. The van der Waals surface area contributed by atoms with Crippen molar-refractivity contribution in [2.24, 2.45) is 0 Å². The number of ether oxygens (including phenoxy) is 1. The van der Waals surface area contributed by atoms with Crippen LogP contribution in [0.1, 0.15) is 10.4 Å². The summed E-state index contributed by atoms with van der Waals surface area (Å²) in [4.78, 5) is 14.9. The Kier molecular flexibility index (Phi) is 3.81. The number of anilines is 1. The Morgan fingerprint density at radius 3 is 2.67 bits per heavy atom. The first-order valence-electron chi connectivity index (χ1n) is 5.75. The van der Waals surface area contributed by atoms with Crippen molar-refractivity contribution in [3.05, 3.63) is 42.1 Å². The molecule has 1 heterocycles. The predicted molar refractivity (Wildman–Crippen MR) is 75.2 cm³/mol. The van der Waals surface area contributed by atoms with Crippen molar-refractivity contribution < 1.29 is 23.1 Å². The largest absolute Gasteiger partial charge is 0.478 e. The average Bonchev–Trinajstić information content (AvgIpc) is 2.40. The van der Waals surface area contributed by atoms with Crippen LogP contribution >= 0.6 is 0 Å². The maximum absolute atomic E-state index is 11.5. The molecule has 0 fully saturated rings. The van der Waals surface area contributed by atoms with Gasteiger partial charge in [0.05, 0.1) is 10.5 Å². The summed E-state index contributed by atoms with van der Waals surface area (Å²) in [6.07, 6.45) is 2.32. The number of hydrogen-bond acceptors (Lipinski definition) is 6. The molecule has 1 aromatic carbocycles. The maximum Gasteiger partial charge on any atom is 0.338 e. The van der Waals surface area contributed by atoms with Crippen LogP contribution in [0.25, 0.3) is 0 Å². The second-order valence-electron chi connectivity index (χ2n) is 4.23. The first-order valence-corrected chi connectivity index (χ1v) is 7.64. The molecule has 0 bridgehead atoms. The van der Waals surface area contributed by atoms with E-state index in [1.807, 2.05) is 0 Å². The maximum atomic E-state index is 11.5. The van der Waals surface area contributed by atoms with Crippen LogP contribution in [0, 0.1) is 0 Å². The van der Waals surface area contributed by atoms with Gasteiger partial charge in [0.25, 0.3) is 0 Å². The van der Waals surface area contributed by atoms with Crippen LogP contribution in [-0.4, -0.2) is 30.7 Å². The van der Waals surface area contributed by atoms with E-state index in [2.05, 4.69) is 4.98 Å². The minimum absolute atomic E-state index is 0.0768. The average molecular weight is 308 g/mol. The van der Waals surface area contributed by atoms with Crippen molar-refractivity contribution >= 4 is 21.5 Å². The highest BCUT2D eigenvalue weighted by atomic mass is 32.2. The van der Waals surface area contributed by atoms with Crippen LogP contribution in [0.3, 0.4) is 0 Å². The van der Waals surface area contributed by atoms with Gasteiger partial charge in [-0.15, -0.1) is 0 Å². The lowest BCUT2D eigenvalue weighted by Crippen LogP contribution is -2.05. The number of nitrogens with two attached hydrogens (primary N) is 1. The standard InChI is InChI=1S/C13H12N2O5S/c1-21(18,19)9-4-2-3-8(7-9)20-12-11(14)10(13(16)17)5-6-15-12/h2-7H,14H2,1H3,(H,16,17). The highest BCUT2D eigenvalue weighted by Crippen LogP contribution is 2.28. The van der Waals surface area contributed by atoms with Crippen LogP contribution in [0.15, 0.2) is 41.4 Å². The zero-order valence-electron chi connectivity index (χ0n) is 11.0. The second-order valence-corrected chi connectivity index (χ2v) is 6.25. The van der Waals surface area contributed by atoms with Gasteiger partial charge in [0, 0.05) is 12.5 Å². The molecule has 7 nitrogen and oxygen atoms in total. The van der Waals surface area contributed by atoms with Crippen molar-refractivity contribution in [2.75, 3.05) is 12.0 Å². The molecule has 0 saturated heterocycles. The number of carboxylic acid groups (broad SMARTS) is 1. The van der Waals surface area contributed by atoms with Gasteiger partial charge in [-0.25, -0.2) is 18.2 Å². The molecule has 8 heteroatoms. The lowest BCUT2D eigenvalue weighted by atomic mass is 10.2. The van der Waals surface area contributed by atoms with Gasteiger partial charge in [-0.2, -0.15) is 0 Å². The van der Waals surface area contributed by atoms with Gasteiger partial charge in [0.1, 0.15) is 11.4 Å². The number of benzene rings is 1. The zero-order chi connectivity index (χ0) is 15.6. The molecule has 3 N–H and O–H groups in total. The van der Waals surface area contributed by atoms with Gasteiger partial charge in [0.15, 0.2) is 9.84 Å².